The van der Waals surface area contributed by atoms with Crippen molar-refractivity contribution in [2.75, 3.05) is 0 Å². The fourth-order valence-electron chi connectivity index (χ4n) is 2.37. The number of thiazole rings is 1. The topological polar surface area (TPSA) is 90.9 Å². The van der Waals surface area contributed by atoms with Crippen molar-refractivity contribution in [2.24, 2.45) is 5.14 Å². The van der Waals surface area contributed by atoms with Gasteiger partial charge in [0.1, 0.15) is 0 Å². The van der Waals surface area contributed by atoms with Gasteiger partial charge in [-0.25, -0.2) is 23.5 Å². The number of nitrogens with two attached hydrogens (primary N) is 1. The zero-order chi connectivity index (χ0) is 16.6. The van der Waals surface area contributed by atoms with Gasteiger partial charge in [-0.3, -0.25) is 0 Å². The number of primary sulfonamides is 1. The number of hydrogen-bond acceptors (Lipinski definition) is 5. The SMILES string of the molecule is Cc1nc(C)c(-c2nccn2Cc2ccc(S(N)(=O)=O)cc2)s1. The third kappa shape index (κ3) is 3.34. The maximum absolute atomic E-state index is 11.3. The fourth-order valence-corrected chi connectivity index (χ4v) is 3.81. The van der Waals surface area contributed by atoms with Crippen LogP contribution in [0.25, 0.3) is 10.7 Å². The molecule has 3 aromatic rings. The van der Waals surface area contributed by atoms with Crippen LogP contribution in [-0.2, 0) is 16.6 Å². The van der Waals surface area contributed by atoms with Crippen LogP contribution in [-0.4, -0.2) is 23.0 Å². The van der Waals surface area contributed by atoms with E-state index < -0.39 is 10.0 Å². The van der Waals surface area contributed by atoms with Crippen molar-refractivity contribution in [1.82, 2.24) is 14.5 Å². The standard InChI is InChI=1S/C15H16N4O2S2/c1-10-14(22-11(2)18-10)15-17-7-8-19(15)9-12-3-5-13(6-4-12)23(16,20)21/h3-8H,9H2,1-2H3,(H2,16,20,21). The minimum atomic E-state index is -3.66. The van der Waals surface area contributed by atoms with Gasteiger partial charge >= 0.3 is 0 Å². The highest BCUT2D eigenvalue weighted by Crippen LogP contribution is 2.28. The Labute approximate surface area is 138 Å². The van der Waals surface area contributed by atoms with Crippen molar-refractivity contribution in [3.05, 3.63) is 52.9 Å². The molecule has 2 aromatic heterocycles. The summed E-state index contributed by atoms with van der Waals surface area (Å²) in [6, 6.07) is 6.55. The second-order valence-corrected chi connectivity index (χ2v) is 7.98. The van der Waals surface area contributed by atoms with Crippen molar-refractivity contribution in [1.29, 1.82) is 0 Å². The van der Waals surface area contributed by atoms with E-state index in [9.17, 15) is 8.42 Å². The van der Waals surface area contributed by atoms with Gasteiger partial charge in [-0.05, 0) is 31.5 Å². The number of aryl methyl sites for hydroxylation is 2. The van der Waals surface area contributed by atoms with E-state index >= 15 is 0 Å². The lowest BCUT2D eigenvalue weighted by Gasteiger charge is -2.08. The molecule has 0 spiro atoms. The first kappa shape index (κ1) is 15.9. The number of aromatic nitrogens is 3. The van der Waals surface area contributed by atoms with Crippen LogP contribution < -0.4 is 5.14 Å². The molecule has 0 aliphatic rings. The molecule has 0 aliphatic carbocycles. The first-order valence-electron chi connectivity index (χ1n) is 6.92. The molecule has 3 rings (SSSR count). The molecule has 0 fully saturated rings. The summed E-state index contributed by atoms with van der Waals surface area (Å²) in [6.07, 6.45) is 3.65. The maximum atomic E-state index is 11.3. The highest BCUT2D eigenvalue weighted by molar-refractivity contribution is 7.89. The van der Waals surface area contributed by atoms with E-state index in [-0.39, 0.29) is 4.90 Å². The Balaban J connectivity index is 1.90. The minimum Gasteiger partial charge on any atom is -0.326 e. The number of imidazole rings is 1. The molecule has 0 unspecified atom stereocenters. The van der Waals surface area contributed by atoms with Crippen molar-refractivity contribution in [3.63, 3.8) is 0 Å². The molecule has 0 saturated heterocycles. The zero-order valence-corrected chi connectivity index (χ0v) is 14.4. The summed E-state index contributed by atoms with van der Waals surface area (Å²) in [5.41, 5.74) is 1.93. The van der Waals surface area contributed by atoms with E-state index in [0.29, 0.717) is 6.54 Å². The summed E-state index contributed by atoms with van der Waals surface area (Å²) >= 11 is 1.61. The van der Waals surface area contributed by atoms with Gasteiger partial charge in [0.15, 0.2) is 5.82 Å². The third-order valence-corrected chi connectivity index (χ3v) is 5.42. The van der Waals surface area contributed by atoms with Crippen LogP contribution in [0.1, 0.15) is 16.3 Å². The van der Waals surface area contributed by atoms with Gasteiger partial charge in [-0.2, -0.15) is 0 Å². The number of sulfonamides is 1. The molecule has 1 aromatic carbocycles. The Morgan fingerprint density at radius 1 is 1.22 bits per heavy atom. The zero-order valence-electron chi connectivity index (χ0n) is 12.7. The molecule has 120 valence electrons. The molecular weight excluding hydrogens is 332 g/mol. The Morgan fingerprint density at radius 3 is 2.48 bits per heavy atom. The predicted octanol–water partition coefficient (Wildman–Crippen LogP) is 2.32. The predicted molar refractivity (Wildman–Crippen MR) is 89.7 cm³/mol. The Morgan fingerprint density at radius 2 is 1.91 bits per heavy atom. The molecule has 0 radical (unpaired) electrons. The van der Waals surface area contributed by atoms with Gasteiger partial charge in [0, 0.05) is 18.9 Å². The number of rotatable bonds is 4. The first-order valence-corrected chi connectivity index (χ1v) is 9.28. The average Bonchev–Trinajstić information content (AvgIpc) is 3.04. The molecule has 8 heteroatoms. The van der Waals surface area contributed by atoms with Crippen LogP contribution in [0.5, 0.6) is 0 Å². The summed E-state index contributed by atoms with van der Waals surface area (Å²) in [4.78, 5) is 10.0. The van der Waals surface area contributed by atoms with Crippen LogP contribution >= 0.6 is 11.3 Å². The molecule has 0 aliphatic heterocycles. The Kier molecular flexibility index (Phi) is 4.05. The average molecular weight is 348 g/mol. The van der Waals surface area contributed by atoms with Crippen molar-refractivity contribution >= 4 is 21.4 Å². The Hall–Kier alpha value is -2.03. The summed E-state index contributed by atoms with van der Waals surface area (Å²) in [6.45, 7) is 4.54. The molecule has 0 amide bonds. The maximum Gasteiger partial charge on any atom is 0.238 e. The molecule has 23 heavy (non-hydrogen) atoms. The van der Waals surface area contributed by atoms with Gasteiger partial charge in [0.25, 0.3) is 0 Å². The lowest BCUT2D eigenvalue weighted by molar-refractivity contribution is 0.597. The van der Waals surface area contributed by atoms with Gasteiger partial charge < -0.3 is 4.57 Å². The van der Waals surface area contributed by atoms with Crippen LogP contribution in [0.15, 0.2) is 41.6 Å². The number of benzene rings is 1. The van der Waals surface area contributed by atoms with E-state index in [1.807, 2.05) is 24.6 Å². The lowest BCUT2D eigenvalue weighted by atomic mass is 10.2. The molecule has 6 nitrogen and oxygen atoms in total. The van der Waals surface area contributed by atoms with Crippen LogP contribution in [0.4, 0.5) is 0 Å². The highest BCUT2D eigenvalue weighted by atomic mass is 32.2. The van der Waals surface area contributed by atoms with E-state index in [4.69, 9.17) is 5.14 Å². The molecule has 0 atom stereocenters. The van der Waals surface area contributed by atoms with E-state index in [0.717, 1.165) is 27.0 Å². The van der Waals surface area contributed by atoms with Gasteiger partial charge in [0.2, 0.25) is 10.0 Å². The number of hydrogen-bond donors (Lipinski definition) is 1. The van der Waals surface area contributed by atoms with Crippen LogP contribution in [0.2, 0.25) is 0 Å². The first-order chi connectivity index (χ1) is 10.8. The lowest BCUT2D eigenvalue weighted by Crippen LogP contribution is -2.12. The third-order valence-electron chi connectivity index (χ3n) is 3.43. The normalized spacial score (nSPS) is 11.8. The monoisotopic (exact) mass is 348 g/mol. The largest absolute Gasteiger partial charge is 0.326 e. The fraction of sp³-hybridized carbons (Fsp3) is 0.200. The summed E-state index contributed by atoms with van der Waals surface area (Å²) in [5.74, 6) is 0.864. The quantitative estimate of drug-likeness (QED) is 0.783. The van der Waals surface area contributed by atoms with Crippen LogP contribution in [0, 0.1) is 13.8 Å². The molecular formula is C15H16N4O2S2. The summed E-state index contributed by atoms with van der Waals surface area (Å²) in [7, 11) is -3.66. The highest BCUT2D eigenvalue weighted by Gasteiger charge is 2.13. The van der Waals surface area contributed by atoms with Crippen molar-refractivity contribution < 1.29 is 8.42 Å². The van der Waals surface area contributed by atoms with Crippen LogP contribution in [0.3, 0.4) is 0 Å². The second-order valence-electron chi connectivity index (χ2n) is 5.22. The van der Waals surface area contributed by atoms with E-state index in [1.165, 1.54) is 12.1 Å². The van der Waals surface area contributed by atoms with Crippen molar-refractivity contribution in [2.45, 2.75) is 25.3 Å². The van der Waals surface area contributed by atoms with Gasteiger partial charge in [-0.15, -0.1) is 11.3 Å². The molecule has 0 bridgehead atoms. The second kappa shape index (κ2) is 5.88. The molecule has 2 heterocycles. The summed E-state index contributed by atoms with van der Waals surface area (Å²) < 4.78 is 24.6. The van der Waals surface area contributed by atoms with E-state index in [1.54, 1.807) is 29.7 Å². The smallest absolute Gasteiger partial charge is 0.238 e. The molecule has 2 N–H and O–H groups in total. The number of nitrogens with zero attached hydrogens (tertiary/aromatic N) is 3. The van der Waals surface area contributed by atoms with E-state index in [2.05, 4.69) is 9.97 Å². The Bertz CT molecular complexity index is 940. The van der Waals surface area contributed by atoms with Gasteiger partial charge in [-0.1, -0.05) is 12.1 Å². The minimum absolute atomic E-state index is 0.112. The molecule has 0 saturated carbocycles. The summed E-state index contributed by atoms with van der Waals surface area (Å²) in [5, 5.41) is 6.12. The van der Waals surface area contributed by atoms with Crippen molar-refractivity contribution in [3.8, 4) is 10.7 Å². The van der Waals surface area contributed by atoms with Gasteiger partial charge in [0.05, 0.1) is 20.5 Å².